The fourth-order valence-electron chi connectivity index (χ4n) is 5.43. The number of nitrogens with zero attached hydrogens (tertiary/aromatic N) is 8. The number of nitrogens with one attached hydrogen (secondary N) is 2. The SMILES string of the molecule is [C-]#[N+]c1cnc2c(NC3CC3)nc(Nc3cc(C#N)cc(N4CCC5C(CCN5C(C)=O)C4)c3Cl)nn12. The number of halogens is 1. The summed E-state index contributed by atoms with van der Waals surface area (Å²) >= 11 is 6.92. The van der Waals surface area contributed by atoms with Crippen molar-refractivity contribution in [1.29, 1.82) is 5.26 Å². The Morgan fingerprint density at radius 1 is 1.27 bits per heavy atom. The first-order valence-corrected chi connectivity index (χ1v) is 12.8. The van der Waals surface area contributed by atoms with Crippen molar-refractivity contribution in [3.8, 4) is 6.07 Å². The van der Waals surface area contributed by atoms with E-state index in [9.17, 15) is 10.1 Å². The number of benzene rings is 1. The predicted molar refractivity (Wildman–Crippen MR) is 139 cm³/mol. The Hall–Kier alpha value is -4.09. The minimum Gasteiger partial charge on any atom is -0.370 e. The van der Waals surface area contributed by atoms with Crippen LogP contribution in [-0.4, -0.2) is 62.1 Å². The van der Waals surface area contributed by atoms with Gasteiger partial charge in [0.15, 0.2) is 5.82 Å². The number of rotatable bonds is 5. The van der Waals surface area contributed by atoms with Crippen LogP contribution in [0.25, 0.3) is 10.5 Å². The molecule has 0 spiro atoms. The number of fused-ring (bicyclic) bond motifs is 2. The summed E-state index contributed by atoms with van der Waals surface area (Å²) in [4.78, 5) is 28.6. The number of amides is 1. The molecule has 11 nitrogen and oxygen atoms in total. The van der Waals surface area contributed by atoms with Gasteiger partial charge in [-0.25, -0.2) is 4.98 Å². The summed E-state index contributed by atoms with van der Waals surface area (Å²) in [6.07, 6.45) is 5.39. The number of hydrogen-bond donors (Lipinski definition) is 2. The summed E-state index contributed by atoms with van der Waals surface area (Å²) < 4.78 is 1.46. The van der Waals surface area contributed by atoms with Gasteiger partial charge >= 0.3 is 0 Å². The second-order valence-corrected chi connectivity index (χ2v) is 10.2. The van der Waals surface area contributed by atoms with E-state index in [4.69, 9.17) is 18.2 Å². The maximum absolute atomic E-state index is 12.0. The number of hydrogen-bond acceptors (Lipinski definition) is 8. The van der Waals surface area contributed by atoms with Crippen LogP contribution in [0, 0.1) is 23.8 Å². The molecule has 0 radical (unpaired) electrons. The van der Waals surface area contributed by atoms with Gasteiger partial charge in [0.25, 0.3) is 17.4 Å². The summed E-state index contributed by atoms with van der Waals surface area (Å²) in [5, 5.41) is 21.2. The lowest BCUT2D eigenvalue weighted by Gasteiger charge is -2.39. The molecule has 37 heavy (non-hydrogen) atoms. The van der Waals surface area contributed by atoms with Crippen LogP contribution < -0.4 is 15.5 Å². The van der Waals surface area contributed by atoms with E-state index in [1.54, 1.807) is 13.0 Å². The number of imidazole rings is 1. The zero-order valence-electron chi connectivity index (χ0n) is 20.3. The smallest absolute Gasteiger partial charge is 0.275 e. The molecule has 1 aromatic carbocycles. The summed E-state index contributed by atoms with van der Waals surface area (Å²) in [5.41, 5.74) is 2.23. The van der Waals surface area contributed by atoms with E-state index in [1.165, 1.54) is 10.7 Å². The molecule has 12 heteroatoms. The van der Waals surface area contributed by atoms with Crippen LogP contribution in [0.1, 0.15) is 38.2 Å². The van der Waals surface area contributed by atoms with Crippen LogP contribution in [0.15, 0.2) is 18.3 Å². The van der Waals surface area contributed by atoms with Crippen molar-refractivity contribution in [2.45, 2.75) is 44.7 Å². The number of carbonyl (C=O) groups is 1. The number of carbonyl (C=O) groups excluding carboxylic acids is 1. The number of nitriles is 1. The van der Waals surface area contributed by atoms with Gasteiger partial charge in [0.05, 0.1) is 34.2 Å². The number of piperidine rings is 1. The summed E-state index contributed by atoms with van der Waals surface area (Å²) in [6.45, 7) is 11.4. The summed E-state index contributed by atoms with van der Waals surface area (Å²) in [6, 6.07) is 6.30. The molecule has 2 unspecified atom stereocenters. The minimum atomic E-state index is 0.128. The monoisotopic (exact) mass is 516 g/mol. The van der Waals surface area contributed by atoms with Crippen molar-refractivity contribution in [3.63, 3.8) is 0 Å². The lowest BCUT2D eigenvalue weighted by Crippen LogP contribution is -2.47. The molecular weight excluding hydrogens is 492 g/mol. The number of aromatic nitrogens is 4. The van der Waals surface area contributed by atoms with Crippen LogP contribution in [0.4, 0.5) is 29.0 Å². The van der Waals surface area contributed by atoms with Crippen molar-refractivity contribution in [2.24, 2.45) is 5.92 Å². The third kappa shape index (κ3) is 4.25. The van der Waals surface area contributed by atoms with Crippen molar-refractivity contribution in [2.75, 3.05) is 35.2 Å². The maximum atomic E-state index is 12.0. The Labute approximate surface area is 218 Å². The lowest BCUT2D eigenvalue weighted by atomic mass is 9.92. The zero-order chi connectivity index (χ0) is 25.7. The van der Waals surface area contributed by atoms with Gasteiger partial charge < -0.3 is 25.3 Å². The highest BCUT2D eigenvalue weighted by atomic mass is 35.5. The topological polar surface area (TPSA) is 119 Å². The highest BCUT2D eigenvalue weighted by molar-refractivity contribution is 6.36. The van der Waals surface area contributed by atoms with Gasteiger partial charge in [-0.2, -0.15) is 10.2 Å². The second-order valence-electron chi connectivity index (χ2n) is 9.82. The van der Waals surface area contributed by atoms with Gasteiger partial charge in [-0.1, -0.05) is 23.3 Å². The molecule has 3 fully saturated rings. The van der Waals surface area contributed by atoms with Gasteiger partial charge in [-0.3, -0.25) is 4.79 Å². The highest BCUT2D eigenvalue weighted by Crippen LogP contribution is 2.40. The molecule has 1 amide bonds. The first-order valence-electron chi connectivity index (χ1n) is 12.4. The molecule has 1 aliphatic carbocycles. The molecule has 0 bridgehead atoms. The van der Waals surface area contributed by atoms with Crippen molar-refractivity contribution >= 4 is 52.1 Å². The molecule has 1 saturated carbocycles. The van der Waals surface area contributed by atoms with E-state index in [1.807, 2.05) is 11.0 Å². The first-order chi connectivity index (χ1) is 17.9. The fraction of sp³-hybridized carbons (Fsp3) is 0.440. The van der Waals surface area contributed by atoms with E-state index in [0.29, 0.717) is 39.7 Å². The van der Waals surface area contributed by atoms with E-state index in [2.05, 4.69) is 41.5 Å². The van der Waals surface area contributed by atoms with Crippen molar-refractivity contribution < 1.29 is 4.79 Å². The van der Waals surface area contributed by atoms with Crippen molar-refractivity contribution in [3.05, 3.63) is 40.3 Å². The lowest BCUT2D eigenvalue weighted by molar-refractivity contribution is -0.130. The Kier molecular flexibility index (Phi) is 5.73. The maximum Gasteiger partial charge on any atom is 0.275 e. The molecule has 2 saturated heterocycles. The standard InChI is InChI=1S/C25H25ClN10O/c1-14(37)35-8-5-16-13-34(7-6-19(16)35)20-10-15(11-27)9-18(22(20)26)31-25-32-23(30-17-3-4-17)24-29-12-21(28-2)36(24)33-25/h9-10,12,16-17,19H,3-8,13H2,1H3,(H2,30,31,32,33). The van der Waals surface area contributed by atoms with Crippen LogP contribution in [0.5, 0.6) is 0 Å². The molecule has 3 aliphatic rings. The predicted octanol–water partition coefficient (Wildman–Crippen LogP) is 3.97. The molecule has 6 rings (SSSR count). The Morgan fingerprint density at radius 3 is 2.84 bits per heavy atom. The molecule has 2 atom stereocenters. The van der Waals surface area contributed by atoms with Gasteiger partial charge in [-0.05, 0) is 43.7 Å². The van der Waals surface area contributed by atoms with Crippen LogP contribution >= 0.6 is 11.6 Å². The van der Waals surface area contributed by atoms with E-state index < -0.39 is 0 Å². The highest BCUT2D eigenvalue weighted by Gasteiger charge is 2.40. The number of likely N-dealkylation sites (tertiary alicyclic amines) is 1. The largest absolute Gasteiger partial charge is 0.370 e. The molecule has 2 aliphatic heterocycles. The van der Waals surface area contributed by atoms with E-state index in [-0.39, 0.29) is 23.7 Å². The molecule has 3 aromatic rings. The van der Waals surface area contributed by atoms with Gasteiger partial charge in [0.2, 0.25) is 5.91 Å². The number of anilines is 4. The Morgan fingerprint density at radius 2 is 2.11 bits per heavy atom. The molecule has 2 N–H and O–H groups in total. The van der Waals surface area contributed by atoms with Gasteiger partial charge in [0, 0.05) is 38.6 Å². The fourth-order valence-corrected chi connectivity index (χ4v) is 5.70. The molecule has 188 valence electrons. The molecular formula is C25H25ClN10O. The van der Waals surface area contributed by atoms with Gasteiger partial charge in [0.1, 0.15) is 0 Å². The summed E-state index contributed by atoms with van der Waals surface area (Å²) in [5.74, 6) is 1.56. The van der Waals surface area contributed by atoms with Crippen LogP contribution in [0.2, 0.25) is 5.02 Å². The van der Waals surface area contributed by atoms with E-state index in [0.717, 1.165) is 51.0 Å². The van der Waals surface area contributed by atoms with Crippen LogP contribution in [0.3, 0.4) is 0 Å². The second kappa shape index (κ2) is 9.09. The average molecular weight is 517 g/mol. The van der Waals surface area contributed by atoms with E-state index >= 15 is 0 Å². The third-order valence-electron chi connectivity index (χ3n) is 7.39. The molecule has 4 heterocycles. The van der Waals surface area contributed by atoms with Gasteiger partial charge in [-0.15, -0.1) is 4.52 Å². The minimum absolute atomic E-state index is 0.128. The first kappa shape index (κ1) is 23.3. The Balaban J connectivity index is 1.33. The average Bonchev–Trinajstić information content (AvgIpc) is 3.44. The third-order valence-corrected chi connectivity index (χ3v) is 7.78. The van der Waals surface area contributed by atoms with Crippen LogP contribution in [-0.2, 0) is 4.79 Å². The normalized spacial score (nSPS) is 20.9. The van der Waals surface area contributed by atoms with Crippen molar-refractivity contribution in [1.82, 2.24) is 24.5 Å². The quantitative estimate of drug-likeness (QED) is 0.489. The zero-order valence-corrected chi connectivity index (χ0v) is 21.0. The molecule has 2 aromatic heterocycles. The Bertz CT molecular complexity index is 1480. The summed E-state index contributed by atoms with van der Waals surface area (Å²) in [7, 11) is 0.